The van der Waals surface area contributed by atoms with E-state index in [9.17, 15) is 4.79 Å². The van der Waals surface area contributed by atoms with Gasteiger partial charge in [0.15, 0.2) is 5.78 Å². The van der Waals surface area contributed by atoms with Crippen LogP contribution in [0.3, 0.4) is 0 Å². The summed E-state index contributed by atoms with van der Waals surface area (Å²) in [6.45, 7) is 10.6. The largest absolute Gasteiger partial charge is 0.377 e. The number of carbonyl (C=O) groups excluding carboxylic acids is 1. The Kier molecular flexibility index (Phi) is 4.60. The third kappa shape index (κ3) is 3.45. The maximum Gasteiger partial charge on any atom is 0.183 e. The number of nitrogens with zero attached hydrogens (tertiary/aromatic N) is 2. The normalized spacial score (nSPS) is 11.1. The quantitative estimate of drug-likeness (QED) is 0.868. The predicted octanol–water partition coefficient (Wildman–Crippen LogP) is 4.03. The summed E-state index contributed by atoms with van der Waals surface area (Å²) in [5.74, 6) is 0.0290. The number of carbonyl (C=O) groups is 1. The maximum atomic E-state index is 12.6. The van der Waals surface area contributed by atoms with Gasteiger partial charge in [-0.2, -0.15) is 5.26 Å². The fourth-order valence-electron chi connectivity index (χ4n) is 3.08. The molecule has 0 saturated carbocycles. The van der Waals surface area contributed by atoms with Crippen molar-refractivity contribution in [1.29, 1.82) is 5.26 Å². The van der Waals surface area contributed by atoms with E-state index in [0.29, 0.717) is 11.3 Å². The number of aryl methyl sites for hydroxylation is 1. The Bertz CT molecular complexity index is 773. The Morgan fingerprint density at radius 1 is 1.26 bits per heavy atom. The highest BCUT2D eigenvalue weighted by Gasteiger charge is 2.22. The number of hydrogen-bond acceptors (Lipinski definition) is 3. The minimum Gasteiger partial charge on any atom is -0.377 e. The molecule has 1 heterocycles. The molecule has 0 spiro atoms. The van der Waals surface area contributed by atoms with E-state index in [1.807, 2.05) is 38.1 Å². The summed E-state index contributed by atoms with van der Waals surface area (Å²) in [7, 11) is 0. The van der Waals surface area contributed by atoms with Crippen molar-refractivity contribution >= 4 is 11.5 Å². The highest BCUT2D eigenvalue weighted by molar-refractivity contribution is 6.00. The van der Waals surface area contributed by atoms with Crippen molar-refractivity contribution in [2.75, 3.05) is 11.9 Å². The van der Waals surface area contributed by atoms with Crippen LogP contribution < -0.4 is 5.32 Å². The molecule has 120 valence electrons. The molecule has 0 radical (unpaired) electrons. The number of Topliss-reactive ketones (excluding diaryl/α,β-unsaturated/α-hetero) is 1. The Morgan fingerprint density at radius 3 is 2.48 bits per heavy atom. The molecule has 0 aliphatic rings. The van der Waals surface area contributed by atoms with Gasteiger partial charge in [0, 0.05) is 22.5 Å². The van der Waals surface area contributed by atoms with Gasteiger partial charge >= 0.3 is 0 Å². The van der Waals surface area contributed by atoms with Gasteiger partial charge in [0.1, 0.15) is 6.07 Å². The Morgan fingerprint density at radius 2 is 1.91 bits per heavy atom. The second kappa shape index (κ2) is 6.29. The number of ketones is 1. The number of nitriles is 1. The zero-order valence-electron chi connectivity index (χ0n) is 14.4. The molecule has 2 aromatic rings. The minimum absolute atomic E-state index is 0.0290. The summed E-state index contributed by atoms with van der Waals surface area (Å²) < 4.78 is 2.18. The number of nitrogens with one attached hydrogen (secondary N) is 1. The van der Waals surface area contributed by atoms with Crippen LogP contribution in [0.2, 0.25) is 0 Å². The van der Waals surface area contributed by atoms with Crippen LogP contribution in [0.15, 0.2) is 30.3 Å². The van der Waals surface area contributed by atoms with Crippen LogP contribution in [0.5, 0.6) is 0 Å². The van der Waals surface area contributed by atoms with E-state index in [1.54, 1.807) is 6.07 Å². The van der Waals surface area contributed by atoms with Gasteiger partial charge in [-0.15, -0.1) is 0 Å². The van der Waals surface area contributed by atoms with Crippen molar-refractivity contribution in [3.8, 4) is 6.07 Å². The second-order valence-electron chi connectivity index (χ2n) is 6.73. The predicted molar refractivity (Wildman–Crippen MR) is 92.9 cm³/mol. The van der Waals surface area contributed by atoms with E-state index in [-0.39, 0.29) is 17.9 Å². The van der Waals surface area contributed by atoms with Crippen LogP contribution in [0.4, 0.5) is 5.69 Å². The monoisotopic (exact) mass is 309 g/mol. The minimum atomic E-state index is -0.0620. The molecule has 23 heavy (non-hydrogen) atoms. The molecule has 1 N–H and O–H groups in total. The lowest BCUT2D eigenvalue weighted by Gasteiger charge is -2.25. The van der Waals surface area contributed by atoms with Crippen molar-refractivity contribution in [3.05, 3.63) is 52.8 Å². The number of hydrogen-bond donors (Lipinski definition) is 1. The molecular formula is C19H23N3O. The molecule has 1 aromatic heterocycles. The van der Waals surface area contributed by atoms with Crippen LogP contribution in [-0.4, -0.2) is 16.9 Å². The summed E-state index contributed by atoms with van der Waals surface area (Å²) in [6.07, 6.45) is 0. The molecule has 4 heteroatoms. The van der Waals surface area contributed by atoms with Crippen molar-refractivity contribution in [2.24, 2.45) is 0 Å². The average molecular weight is 309 g/mol. The molecule has 0 atom stereocenters. The standard InChI is InChI=1S/C19H23N3O/c1-13-10-16(14(2)22(13)19(3,4)5)18(23)12-21-17-9-7-6-8-15(17)11-20/h6-10,21H,12H2,1-5H3. The molecule has 0 aliphatic carbocycles. The molecule has 0 saturated heterocycles. The molecular weight excluding hydrogens is 286 g/mol. The van der Waals surface area contributed by atoms with Crippen molar-refractivity contribution in [1.82, 2.24) is 4.57 Å². The lowest BCUT2D eigenvalue weighted by molar-refractivity contribution is 0.101. The lowest BCUT2D eigenvalue weighted by atomic mass is 10.1. The summed E-state index contributed by atoms with van der Waals surface area (Å²) in [5.41, 5.74) is 3.96. The van der Waals surface area contributed by atoms with E-state index in [2.05, 4.69) is 36.7 Å². The third-order valence-corrected chi connectivity index (χ3v) is 3.89. The van der Waals surface area contributed by atoms with Gasteiger partial charge in [-0.1, -0.05) is 12.1 Å². The first kappa shape index (κ1) is 16.8. The number of anilines is 1. The van der Waals surface area contributed by atoms with Gasteiger partial charge in [0.05, 0.1) is 17.8 Å². The number of rotatable bonds is 4. The Labute approximate surface area is 137 Å². The summed E-state index contributed by atoms with van der Waals surface area (Å²) in [4.78, 5) is 12.6. The van der Waals surface area contributed by atoms with Gasteiger partial charge in [0.2, 0.25) is 0 Å². The number of benzene rings is 1. The highest BCUT2D eigenvalue weighted by Crippen LogP contribution is 2.25. The topological polar surface area (TPSA) is 57.8 Å². The third-order valence-electron chi connectivity index (χ3n) is 3.89. The zero-order chi connectivity index (χ0) is 17.2. The molecule has 0 amide bonds. The van der Waals surface area contributed by atoms with Crippen LogP contribution in [0.1, 0.15) is 48.1 Å². The summed E-state index contributed by atoms with van der Waals surface area (Å²) in [6, 6.07) is 11.3. The number of para-hydroxylation sites is 1. The molecule has 1 aromatic carbocycles. The lowest BCUT2D eigenvalue weighted by Crippen LogP contribution is -2.24. The van der Waals surface area contributed by atoms with Gasteiger partial charge in [-0.05, 0) is 52.8 Å². The second-order valence-corrected chi connectivity index (χ2v) is 6.73. The van der Waals surface area contributed by atoms with Crippen LogP contribution >= 0.6 is 0 Å². The van der Waals surface area contributed by atoms with E-state index in [0.717, 1.165) is 17.0 Å². The Balaban J connectivity index is 2.21. The van der Waals surface area contributed by atoms with Crippen molar-refractivity contribution < 1.29 is 4.79 Å². The van der Waals surface area contributed by atoms with Gasteiger partial charge in [-0.3, -0.25) is 4.79 Å². The first-order valence-electron chi connectivity index (χ1n) is 7.71. The average Bonchev–Trinajstić information content (AvgIpc) is 2.79. The summed E-state index contributed by atoms with van der Waals surface area (Å²) >= 11 is 0. The smallest absolute Gasteiger partial charge is 0.183 e. The molecule has 0 unspecified atom stereocenters. The van der Waals surface area contributed by atoms with Gasteiger partial charge in [0.25, 0.3) is 0 Å². The van der Waals surface area contributed by atoms with E-state index in [4.69, 9.17) is 5.26 Å². The fraction of sp³-hybridized carbons (Fsp3) is 0.368. The molecule has 4 nitrogen and oxygen atoms in total. The van der Waals surface area contributed by atoms with Crippen molar-refractivity contribution in [3.63, 3.8) is 0 Å². The van der Waals surface area contributed by atoms with E-state index >= 15 is 0 Å². The molecule has 2 rings (SSSR count). The SMILES string of the molecule is Cc1cc(C(=O)CNc2ccccc2C#N)c(C)n1C(C)(C)C. The molecule has 0 fully saturated rings. The maximum absolute atomic E-state index is 12.6. The van der Waals surface area contributed by atoms with E-state index in [1.165, 1.54) is 0 Å². The first-order chi connectivity index (χ1) is 10.8. The Hall–Kier alpha value is -2.54. The van der Waals surface area contributed by atoms with Crippen LogP contribution in [0, 0.1) is 25.2 Å². The fourth-order valence-corrected chi connectivity index (χ4v) is 3.08. The highest BCUT2D eigenvalue weighted by atomic mass is 16.1. The van der Waals surface area contributed by atoms with Gasteiger partial charge < -0.3 is 9.88 Å². The molecule has 0 bridgehead atoms. The number of aromatic nitrogens is 1. The first-order valence-corrected chi connectivity index (χ1v) is 7.71. The summed E-state index contributed by atoms with van der Waals surface area (Å²) in [5, 5.41) is 12.2. The van der Waals surface area contributed by atoms with Crippen molar-refractivity contribution in [2.45, 2.75) is 40.2 Å². The van der Waals surface area contributed by atoms with Gasteiger partial charge in [-0.25, -0.2) is 0 Å². The molecule has 0 aliphatic heterocycles. The zero-order valence-corrected chi connectivity index (χ0v) is 14.4. The van der Waals surface area contributed by atoms with Crippen LogP contribution in [-0.2, 0) is 5.54 Å². The van der Waals surface area contributed by atoms with E-state index < -0.39 is 0 Å². The van der Waals surface area contributed by atoms with Crippen LogP contribution in [0.25, 0.3) is 0 Å².